The van der Waals surface area contributed by atoms with E-state index in [-0.39, 0.29) is 0 Å². The Morgan fingerprint density at radius 1 is 1.07 bits per heavy atom. The number of morpholine rings is 1. The van der Waals surface area contributed by atoms with E-state index in [1.54, 1.807) is 0 Å². The minimum absolute atomic E-state index is 0.293. The van der Waals surface area contributed by atoms with Crippen molar-refractivity contribution in [3.8, 4) is 0 Å². The second-order valence-corrected chi connectivity index (χ2v) is 7.62. The lowest BCUT2D eigenvalue weighted by atomic mass is 10.1. The van der Waals surface area contributed by atoms with E-state index in [2.05, 4.69) is 36.1 Å². The van der Waals surface area contributed by atoms with E-state index in [1.807, 2.05) is 23.1 Å². The Bertz CT molecular complexity index is 553. The smallest absolute Gasteiger partial charge is 0.222 e. The highest BCUT2D eigenvalue weighted by Gasteiger charge is 2.15. The van der Waals surface area contributed by atoms with Crippen LogP contribution in [0.3, 0.4) is 0 Å². The summed E-state index contributed by atoms with van der Waals surface area (Å²) in [5.74, 6) is 0.293. The normalized spacial score (nSPS) is 15.2. The number of hydrogen-bond donors (Lipinski definition) is 0. The molecule has 1 fully saturated rings. The Labute approximate surface area is 171 Å². The number of carbonyl (C=O) groups excluding carboxylic acids is 1. The predicted octanol–water partition coefficient (Wildman–Crippen LogP) is 4.61. The van der Waals surface area contributed by atoms with Crippen molar-refractivity contribution in [1.29, 1.82) is 0 Å². The van der Waals surface area contributed by atoms with Gasteiger partial charge in [-0.05, 0) is 12.0 Å². The van der Waals surface area contributed by atoms with Crippen molar-refractivity contribution in [2.24, 2.45) is 0 Å². The van der Waals surface area contributed by atoms with Gasteiger partial charge in [-0.15, -0.1) is 0 Å². The summed E-state index contributed by atoms with van der Waals surface area (Å²) >= 11 is 0. The van der Waals surface area contributed by atoms with Crippen molar-refractivity contribution >= 4 is 12.0 Å². The summed E-state index contributed by atoms with van der Waals surface area (Å²) in [6.45, 7) is 8.21. The molecule has 1 heterocycles. The summed E-state index contributed by atoms with van der Waals surface area (Å²) < 4.78 is 5.43. The lowest BCUT2D eigenvalue weighted by Gasteiger charge is -2.29. The van der Waals surface area contributed by atoms with Crippen LogP contribution in [0, 0.1) is 0 Å². The number of benzene rings is 1. The van der Waals surface area contributed by atoms with Gasteiger partial charge in [0.15, 0.2) is 0 Å². The molecule has 1 amide bonds. The lowest BCUT2D eigenvalue weighted by molar-refractivity contribution is -0.131. The van der Waals surface area contributed by atoms with Crippen LogP contribution in [0.2, 0.25) is 0 Å². The standard InChI is InChI=1S/C24H38N2O2/c1-2-3-4-5-6-10-15-24(27)26(18-17-25-19-21-28-22-20-25)16-11-14-23-12-8-7-9-13-23/h7-9,11-14H,2-6,10,15-22H2,1H3. The highest BCUT2D eigenvalue weighted by atomic mass is 16.5. The Kier molecular flexibility index (Phi) is 11.6. The van der Waals surface area contributed by atoms with Gasteiger partial charge in [0.25, 0.3) is 0 Å². The van der Waals surface area contributed by atoms with E-state index >= 15 is 0 Å². The molecule has 0 radical (unpaired) electrons. The molecule has 1 aromatic rings. The maximum Gasteiger partial charge on any atom is 0.222 e. The molecule has 0 unspecified atom stereocenters. The van der Waals surface area contributed by atoms with E-state index in [9.17, 15) is 4.79 Å². The second kappa shape index (κ2) is 14.4. The molecule has 0 aliphatic carbocycles. The molecule has 0 atom stereocenters. The SMILES string of the molecule is CCCCCCCCC(=O)N(CC=Cc1ccccc1)CCN1CCOCC1. The van der Waals surface area contributed by atoms with E-state index in [1.165, 1.54) is 37.7 Å². The van der Waals surface area contributed by atoms with E-state index < -0.39 is 0 Å². The third-order valence-corrected chi connectivity index (χ3v) is 5.32. The zero-order valence-corrected chi connectivity index (χ0v) is 17.7. The highest BCUT2D eigenvalue weighted by Crippen LogP contribution is 2.09. The van der Waals surface area contributed by atoms with Crippen molar-refractivity contribution in [3.63, 3.8) is 0 Å². The van der Waals surface area contributed by atoms with E-state index in [0.29, 0.717) is 18.9 Å². The molecule has 28 heavy (non-hydrogen) atoms. The first-order chi connectivity index (χ1) is 13.8. The monoisotopic (exact) mass is 386 g/mol. The summed E-state index contributed by atoms with van der Waals surface area (Å²) in [6, 6.07) is 10.3. The van der Waals surface area contributed by atoms with Crippen LogP contribution in [-0.2, 0) is 9.53 Å². The van der Waals surface area contributed by atoms with Crippen LogP contribution in [0.25, 0.3) is 6.08 Å². The first kappa shape index (κ1) is 22.6. The molecule has 0 aromatic heterocycles. The molecule has 4 nitrogen and oxygen atoms in total. The van der Waals surface area contributed by atoms with Crippen molar-refractivity contribution in [2.75, 3.05) is 45.9 Å². The Morgan fingerprint density at radius 2 is 1.79 bits per heavy atom. The van der Waals surface area contributed by atoms with Gasteiger partial charge in [-0.25, -0.2) is 0 Å². The quantitative estimate of drug-likeness (QED) is 0.464. The van der Waals surface area contributed by atoms with Gasteiger partial charge in [0, 0.05) is 39.1 Å². The fourth-order valence-electron chi connectivity index (χ4n) is 3.50. The van der Waals surface area contributed by atoms with E-state index in [4.69, 9.17) is 4.74 Å². The van der Waals surface area contributed by atoms with E-state index in [0.717, 1.165) is 45.8 Å². The highest BCUT2D eigenvalue weighted by molar-refractivity contribution is 5.76. The maximum absolute atomic E-state index is 12.8. The first-order valence-electron chi connectivity index (χ1n) is 11.1. The molecule has 1 aliphatic rings. The van der Waals surface area contributed by atoms with Gasteiger partial charge < -0.3 is 9.64 Å². The van der Waals surface area contributed by atoms with Gasteiger partial charge >= 0.3 is 0 Å². The van der Waals surface area contributed by atoms with Gasteiger partial charge in [-0.3, -0.25) is 9.69 Å². The molecule has 1 saturated heterocycles. The predicted molar refractivity (Wildman–Crippen MR) is 117 cm³/mol. The number of unbranched alkanes of at least 4 members (excludes halogenated alkanes) is 5. The molecule has 1 aromatic carbocycles. The number of hydrogen-bond acceptors (Lipinski definition) is 3. The van der Waals surface area contributed by atoms with Gasteiger partial charge in [-0.1, -0.05) is 81.5 Å². The number of carbonyl (C=O) groups is 1. The maximum atomic E-state index is 12.8. The molecule has 4 heteroatoms. The average Bonchev–Trinajstić information content (AvgIpc) is 2.74. The molecule has 2 rings (SSSR count). The number of amides is 1. The molecule has 0 N–H and O–H groups in total. The third kappa shape index (κ3) is 9.52. The fraction of sp³-hybridized carbons (Fsp3) is 0.625. The number of ether oxygens (including phenoxy) is 1. The van der Waals surface area contributed by atoms with Crippen molar-refractivity contribution < 1.29 is 9.53 Å². The zero-order valence-electron chi connectivity index (χ0n) is 17.7. The number of nitrogens with zero attached hydrogens (tertiary/aromatic N) is 2. The van der Waals surface area contributed by atoms with Crippen LogP contribution in [-0.4, -0.2) is 61.6 Å². The van der Waals surface area contributed by atoms with Crippen LogP contribution in [0.5, 0.6) is 0 Å². The Balaban J connectivity index is 1.79. The van der Waals surface area contributed by atoms with Crippen molar-refractivity contribution in [2.45, 2.75) is 51.9 Å². The molecular weight excluding hydrogens is 348 g/mol. The average molecular weight is 387 g/mol. The lowest BCUT2D eigenvalue weighted by Crippen LogP contribution is -2.43. The van der Waals surface area contributed by atoms with Crippen LogP contribution in [0.4, 0.5) is 0 Å². The van der Waals surface area contributed by atoms with Crippen molar-refractivity contribution in [3.05, 3.63) is 42.0 Å². The molecule has 0 bridgehead atoms. The third-order valence-electron chi connectivity index (χ3n) is 5.32. The van der Waals surface area contributed by atoms with Crippen LogP contribution >= 0.6 is 0 Å². The second-order valence-electron chi connectivity index (χ2n) is 7.62. The number of rotatable bonds is 13. The Morgan fingerprint density at radius 3 is 2.54 bits per heavy atom. The van der Waals surface area contributed by atoms with Gasteiger partial charge in [0.05, 0.1) is 13.2 Å². The molecule has 156 valence electrons. The van der Waals surface area contributed by atoms with Gasteiger partial charge in [0.2, 0.25) is 5.91 Å². The molecule has 0 spiro atoms. The Hall–Kier alpha value is -1.65. The van der Waals surface area contributed by atoms with Gasteiger partial charge in [0.1, 0.15) is 0 Å². The molecule has 1 aliphatic heterocycles. The summed E-state index contributed by atoms with van der Waals surface area (Å²) in [4.78, 5) is 17.2. The molecule has 0 saturated carbocycles. The minimum Gasteiger partial charge on any atom is -0.379 e. The summed E-state index contributed by atoms with van der Waals surface area (Å²) in [5, 5.41) is 0. The molecular formula is C24H38N2O2. The zero-order chi connectivity index (χ0) is 19.9. The fourth-order valence-corrected chi connectivity index (χ4v) is 3.50. The largest absolute Gasteiger partial charge is 0.379 e. The van der Waals surface area contributed by atoms with Crippen LogP contribution in [0.1, 0.15) is 57.4 Å². The topological polar surface area (TPSA) is 32.8 Å². The minimum atomic E-state index is 0.293. The van der Waals surface area contributed by atoms with Gasteiger partial charge in [-0.2, -0.15) is 0 Å². The van der Waals surface area contributed by atoms with Crippen LogP contribution < -0.4 is 0 Å². The summed E-state index contributed by atoms with van der Waals surface area (Å²) in [5.41, 5.74) is 1.18. The van der Waals surface area contributed by atoms with Crippen molar-refractivity contribution in [1.82, 2.24) is 9.80 Å². The first-order valence-corrected chi connectivity index (χ1v) is 11.1. The summed E-state index contributed by atoms with van der Waals surface area (Å²) in [7, 11) is 0. The summed E-state index contributed by atoms with van der Waals surface area (Å²) in [6.07, 6.45) is 12.2. The van der Waals surface area contributed by atoms with Crippen LogP contribution in [0.15, 0.2) is 36.4 Å².